The first kappa shape index (κ1) is 11.4. The topological polar surface area (TPSA) is 36.9 Å². The number of nitrogens with zero attached hydrogens (tertiary/aromatic N) is 2. The summed E-state index contributed by atoms with van der Waals surface area (Å²) in [7, 11) is 5.29. The Kier molecular flexibility index (Phi) is 3.97. The summed E-state index contributed by atoms with van der Waals surface area (Å²) in [4.78, 5) is 3.86. The fraction of sp³-hybridized carbons (Fsp3) is 0.364. The average molecular weight is 207 g/mol. The number of hydrazine groups is 1. The third-order valence-electron chi connectivity index (χ3n) is 2.08. The summed E-state index contributed by atoms with van der Waals surface area (Å²) in [5.74, 6) is 0.842. The quantitative estimate of drug-likeness (QED) is 0.463. The Morgan fingerprint density at radius 2 is 2.20 bits per heavy atom. The van der Waals surface area contributed by atoms with E-state index in [2.05, 4.69) is 10.4 Å². The van der Waals surface area contributed by atoms with Crippen LogP contribution in [-0.4, -0.2) is 27.5 Å². The highest BCUT2D eigenvalue weighted by Gasteiger charge is 2.06. The van der Waals surface area contributed by atoms with Crippen molar-refractivity contribution in [3.05, 3.63) is 23.8 Å². The minimum absolute atomic E-state index is 0.842. The summed E-state index contributed by atoms with van der Waals surface area (Å²) in [6.07, 6.45) is 1.62. The van der Waals surface area contributed by atoms with Gasteiger partial charge in [-0.3, -0.25) is 15.4 Å². The molecule has 1 rings (SSSR count). The van der Waals surface area contributed by atoms with Gasteiger partial charge < -0.3 is 4.74 Å². The predicted molar refractivity (Wildman–Crippen MR) is 63.7 cm³/mol. The Balaban J connectivity index is 2.92. The highest BCUT2D eigenvalue weighted by atomic mass is 16.5. The minimum atomic E-state index is 0.842. The average Bonchev–Trinajstić information content (AvgIpc) is 2.25. The molecule has 1 aromatic carbocycles. The third kappa shape index (κ3) is 2.87. The molecule has 4 heteroatoms. The maximum absolute atomic E-state index is 5.30. The van der Waals surface area contributed by atoms with Crippen LogP contribution in [0.15, 0.2) is 23.2 Å². The third-order valence-corrected chi connectivity index (χ3v) is 2.08. The highest BCUT2D eigenvalue weighted by molar-refractivity contribution is 5.64. The zero-order chi connectivity index (χ0) is 11.3. The number of rotatable bonds is 4. The smallest absolute Gasteiger partial charge is 0.144 e. The maximum Gasteiger partial charge on any atom is 0.144 e. The van der Waals surface area contributed by atoms with Gasteiger partial charge in [0, 0.05) is 14.1 Å². The molecule has 0 radical (unpaired) electrons. The Morgan fingerprint density at radius 1 is 1.47 bits per heavy atom. The number of nitrogens with one attached hydrogen (secondary N) is 1. The van der Waals surface area contributed by atoms with Crippen LogP contribution in [0.3, 0.4) is 0 Å². The second kappa shape index (κ2) is 5.24. The van der Waals surface area contributed by atoms with Crippen LogP contribution in [0, 0.1) is 6.92 Å². The molecule has 1 aromatic rings. The van der Waals surface area contributed by atoms with Crippen LogP contribution in [0.2, 0.25) is 0 Å². The zero-order valence-corrected chi connectivity index (χ0v) is 9.61. The van der Waals surface area contributed by atoms with Gasteiger partial charge in [-0.25, -0.2) is 0 Å². The molecule has 0 aliphatic rings. The van der Waals surface area contributed by atoms with Gasteiger partial charge in [-0.1, -0.05) is 6.07 Å². The van der Waals surface area contributed by atoms with Gasteiger partial charge in [-0.15, -0.1) is 0 Å². The van der Waals surface area contributed by atoms with E-state index >= 15 is 0 Å². The number of anilines is 1. The number of aliphatic imine (C=N–C) groups is 1. The van der Waals surface area contributed by atoms with Crippen molar-refractivity contribution < 1.29 is 4.74 Å². The van der Waals surface area contributed by atoms with E-state index in [4.69, 9.17) is 4.74 Å². The molecule has 0 fully saturated rings. The van der Waals surface area contributed by atoms with Crippen molar-refractivity contribution >= 4 is 12.0 Å². The summed E-state index contributed by atoms with van der Waals surface area (Å²) in [6.45, 7) is 2.03. The SMILES string of the molecule is CN=CNN(C)c1ccc(C)cc1OC. The Bertz CT molecular complexity index is 350. The molecule has 4 nitrogen and oxygen atoms in total. The fourth-order valence-corrected chi connectivity index (χ4v) is 1.28. The Hall–Kier alpha value is -1.71. The summed E-state index contributed by atoms with van der Waals surface area (Å²) in [5, 5.41) is 1.85. The minimum Gasteiger partial charge on any atom is -0.495 e. The second-order valence-corrected chi connectivity index (χ2v) is 3.25. The standard InChI is InChI=1S/C11H17N3O/c1-9-5-6-10(11(7-9)15-4)14(3)13-8-12-2/h5-8H,1-4H3,(H,12,13). The van der Waals surface area contributed by atoms with E-state index in [-0.39, 0.29) is 0 Å². The van der Waals surface area contributed by atoms with Crippen LogP contribution in [0.4, 0.5) is 5.69 Å². The van der Waals surface area contributed by atoms with Gasteiger partial charge in [0.05, 0.1) is 12.8 Å². The van der Waals surface area contributed by atoms with Crippen LogP contribution in [0.1, 0.15) is 5.56 Å². The molecule has 0 aromatic heterocycles. The first-order chi connectivity index (χ1) is 7.19. The van der Waals surface area contributed by atoms with Crippen molar-refractivity contribution in [1.82, 2.24) is 5.43 Å². The fourth-order valence-electron chi connectivity index (χ4n) is 1.28. The monoisotopic (exact) mass is 207 g/mol. The van der Waals surface area contributed by atoms with Gasteiger partial charge in [0.2, 0.25) is 0 Å². The van der Waals surface area contributed by atoms with Gasteiger partial charge in [0.1, 0.15) is 12.1 Å². The van der Waals surface area contributed by atoms with Crippen molar-refractivity contribution in [2.24, 2.45) is 4.99 Å². The Morgan fingerprint density at radius 3 is 2.80 bits per heavy atom. The number of hydrogen-bond acceptors (Lipinski definition) is 3. The molecule has 1 N–H and O–H groups in total. The van der Waals surface area contributed by atoms with E-state index in [0.717, 1.165) is 11.4 Å². The van der Waals surface area contributed by atoms with Gasteiger partial charge >= 0.3 is 0 Å². The number of ether oxygens (including phenoxy) is 1. The van der Waals surface area contributed by atoms with Crippen molar-refractivity contribution in [3.63, 3.8) is 0 Å². The van der Waals surface area contributed by atoms with Gasteiger partial charge in [0.25, 0.3) is 0 Å². The lowest BCUT2D eigenvalue weighted by atomic mass is 10.2. The van der Waals surface area contributed by atoms with Gasteiger partial charge in [-0.05, 0) is 24.6 Å². The van der Waals surface area contributed by atoms with Crippen molar-refractivity contribution in [1.29, 1.82) is 0 Å². The molecule has 0 amide bonds. The van der Waals surface area contributed by atoms with Crippen molar-refractivity contribution in [2.75, 3.05) is 26.2 Å². The van der Waals surface area contributed by atoms with E-state index in [1.54, 1.807) is 20.5 Å². The molecule has 0 atom stereocenters. The molecule has 0 spiro atoms. The summed E-state index contributed by atoms with van der Waals surface area (Å²) in [5.41, 5.74) is 5.15. The van der Waals surface area contributed by atoms with Crippen molar-refractivity contribution in [3.8, 4) is 5.75 Å². The molecular formula is C11H17N3O. The molecule has 0 saturated heterocycles. The van der Waals surface area contributed by atoms with Crippen LogP contribution < -0.4 is 15.2 Å². The molecule has 82 valence electrons. The van der Waals surface area contributed by atoms with Gasteiger partial charge in [0.15, 0.2) is 0 Å². The lowest BCUT2D eigenvalue weighted by Gasteiger charge is -2.21. The van der Waals surface area contributed by atoms with Gasteiger partial charge in [-0.2, -0.15) is 0 Å². The van der Waals surface area contributed by atoms with E-state index in [0.29, 0.717) is 0 Å². The normalized spacial score (nSPS) is 10.4. The lowest BCUT2D eigenvalue weighted by molar-refractivity contribution is 0.414. The van der Waals surface area contributed by atoms with E-state index < -0.39 is 0 Å². The molecule has 0 heterocycles. The number of benzene rings is 1. The molecule has 0 saturated carbocycles. The second-order valence-electron chi connectivity index (χ2n) is 3.25. The van der Waals surface area contributed by atoms with Crippen LogP contribution in [-0.2, 0) is 0 Å². The highest BCUT2D eigenvalue weighted by Crippen LogP contribution is 2.26. The van der Waals surface area contributed by atoms with Crippen LogP contribution >= 0.6 is 0 Å². The van der Waals surface area contributed by atoms with Crippen molar-refractivity contribution in [2.45, 2.75) is 6.92 Å². The van der Waals surface area contributed by atoms with Crippen LogP contribution in [0.25, 0.3) is 0 Å². The first-order valence-electron chi connectivity index (χ1n) is 4.74. The molecule has 0 aliphatic heterocycles. The zero-order valence-electron chi connectivity index (χ0n) is 9.61. The summed E-state index contributed by atoms with van der Waals surface area (Å²) >= 11 is 0. The number of aryl methyl sites for hydroxylation is 1. The van der Waals surface area contributed by atoms with E-state index in [1.165, 1.54) is 5.56 Å². The number of methoxy groups -OCH3 is 1. The molecule has 0 bridgehead atoms. The first-order valence-corrected chi connectivity index (χ1v) is 4.74. The van der Waals surface area contributed by atoms with E-state index in [9.17, 15) is 0 Å². The number of hydrogen-bond donors (Lipinski definition) is 1. The summed E-state index contributed by atoms with van der Waals surface area (Å²) < 4.78 is 5.30. The largest absolute Gasteiger partial charge is 0.495 e. The summed E-state index contributed by atoms with van der Waals surface area (Å²) in [6, 6.07) is 6.04. The predicted octanol–water partition coefficient (Wildman–Crippen LogP) is 1.60. The molecular weight excluding hydrogens is 190 g/mol. The molecule has 0 unspecified atom stereocenters. The maximum atomic E-state index is 5.30. The van der Waals surface area contributed by atoms with E-state index in [1.807, 2.05) is 37.2 Å². The molecule has 0 aliphatic carbocycles. The Labute approximate surface area is 90.5 Å². The lowest BCUT2D eigenvalue weighted by Crippen LogP contribution is -2.33. The van der Waals surface area contributed by atoms with Crippen LogP contribution in [0.5, 0.6) is 5.75 Å². The molecule has 15 heavy (non-hydrogen) atoms.